The highest BCUT2D eigenvalue weighted by molar-refractivity contribution is 5.85. The molecule has 112 valence electrons. The Hall–Kier alpha value is -0.480. The largest absolute Gasteiger partial charge is 0.444 e. The molecule has 1 amide bonds. The predicted molar refractivity (Wildman–Crippen MR) is 78.8 cm³/mol. The van der Waals surface area contributed by atoms with E-state index >= 15 is 0 Å². The molecule has 0 spiro atoms. The summed E-state index contributed by atoms with van der Waals surface area (Å²) in [6, 6.07) is 0.330. The van der Waals surface area contributed by atoms with E-state index < -0.39 is 5.60 Å². The first-order valence-electron chi connectivity index (χ1n) is 7.18. The van der Waals surface area contributed by atoms with E-state index in [9.17, 15) is 4.79 Å². The third kappa shape index (κ3) is 4.53. The maximum atomic E-state index is 12.3. The minimum atomic E-state index is -0.401. The van der Waals surface area contributed by atoms with Crippen molar-refractivity contribution in [1.82, 2.24) is 10.2 Å². The van der Waals surface area contributed by atoms with Gasteiger partial charge in [0, 0.05) is 19.6 Å². The lowest BCUT2D eigenvalue weighted by Gasteiger charge is -2.40. The molecule has 0 aromatic heterocycles. The Morgan fingerprint density at radius 1 is 1.26 bits per heavy atom. The lowest BCUT2D eigenvalue weighted by Crippen LogP contribution is -2.57. The number of halogens is 1. The molecule has 2 fully saturated rings. The average molecular weight is 291 g/mol. The van der Waals surface area contributed by atoms with Crippen LogP contribution in [-0.2, 0) is 4.74 Å². The number of ether oxygens (including phenoxy) is 1. The molecule has 1 N–H and O–H groups in total. The van der Waals surface area contributed by atoms with E-state index in [4.69, 9.17) is 4.74 Å². The Morgan fingerprint density at radius 3 is 2.47 bits per heavy atom. The summed E-state index contributed by atoms with van der Waals surface area (Å²) in [7, 11) is 0. The van der Waals surface area contributed by atoms with Gasteiger partial charge in [-0.25, -0.2) is 4.79 Å². The number of amides is 1. The summed E-state index contributed by atoms with van der Waals surface area (Å²) in [5.74, 6) is 0.658. The Morgan fingerprint density at radius 2 is 1.89 bits per heavy atom. The quantitative estimate of drug-likeness (QED) is 0.807. The second kappa shape index (κ2) is 6.80. The number of rotatable bonds is 1. The van der Waals surface area contributed by atoms with Gasteiger partial charge in [0.05, 0.1) is 6.04 Å². The lowest BCUT2D eigenvalue weighted by atomic mass is 9.95. The van der Waals surface area contributed by atoms with Gasteiger partial charge in [0.1, 0.15) is 5.60 Å². The van der Waals surface area contributed by atoms with E-state index in [0.717, 1.165) is 19.6 Å². The first kappa shape index (κ1) is 16.6. The van der Waals surface area contributed by atoms with Crippen molar-refractivity contribution in [2.45, 2.75) is 58.1 Å². The molecule has 1 heterocycles. The second-order valence-corrected chi connectivity index (χ2v) is 6.49. The molecule has 1 aliphatic carbocycles. The van der Waals surface area contributed by atoms with E-state index in [1.165, 1.54) is 25.7 Å². The topological polar surface area (TPSA) is 41.6 Å². The number of carbonyl (C=O) groups is 1. The van der Waals surface area contributed by atoms with Gasteiger partial charge in [-0.1, -0.05) is 12.8 Å². The van der Waals surface area contributed by atoms with E-state index in [2.05, 4.69) is 5.32 Å². The predicted octanol–water partition coefficient (Wildman–Crippen LogP) is 2.81. The van der Waals surface area contributed by atoms with Gasteiger partial charge in [-0.2, -0.15) is 0 Å². The monoisotopic (exact) mass is 290 g/mol. The molecule has 5 heteroatoms. The smallest absolute Gasteiger partial charge is 0.410 e. The number of piperazine rings is 1. The molecule has 1 saturated heterocycles. The molecule has 1 unspecified atom stereocenters. The first-order valence-corrected chi connectivity index (χ1v) is 7.18. The second-order valence-electron chi connectivity index (χ2n) is 6.49. The molecule has 1 aliphatic heterocycles. The Labute approximate surface area is 122 Å². The van der Waals surface area contributed by atoms with Crippen molar-refractivity contribution >= 4 is 18.5 Å². The molecule has 0 bridgehead atoms. The van der Waals surface area contributed by atoms with Gasteiger partial charge in [0.2, 0.25) is 0 Å². The van der Waals surface area contributed by atoms with Crippen LogP contribution >= 0.6 is 12.4 Å². The van der Waals surface area contributed by atoms with Crippen LogP contribution in [0.3, 0.4) is 0 Å². The summed E-state index contributed by atoms with van der Waals surface area (Å²) in [4.78, 5) is 14.2. The van der Waals surface area contributed by atoms with Crippen LogP contribution in [-0.4, -0.2) is 42.3 Å². The summed E-state index contributed by atoms with van der Waals surface area (Å²) in [6.45, 7) is 8.36. The zero-order valence-corrected chi connectivity index (χ0v) is 13.1. The van der Waals surface area contributed by atoms with Crippen LogP contribution in [0.2, 0.25) is 0 Å². The average Bonchev–Trinajstić information content (AvgIpc) is 2.80. The third-order valence-corrected chi connectivity index (χ3v) is 3.86. The fourth-order valence-corrected chi connectivity index (χ4v) is 3.04. The highest BCUT2D eigenvalue weighted by Gasteiger charge is 2.36. The SMILES string of the molecule is CC(C)(C)OC(=O)N1CCNCC1C1CCCC1.Cl. The van der Waals surface area contributed by atoms with Crippen molar-refractivity contribution in [3.63, 3.8) is 0 Å². The standard InChI is InChI=1S/C14H26N2O2.ClH/c1-14(2,3)18-13(17)16-9-8-15-10-12(16)11-6-4-5-7-11;/h11-12,15H,4-10H2,1-3H3;1H. The molecule has 2 rings (SSSR count). The summed E-state index contributed by atoms with van der Waals surface area (Å²) >= 11 is 0. The summed E-state index contributed by atoms with van der Waals surface area (Å²) < 4.78 is 5.53. The molecule has 2 aliphatic rings. The Balaban J connectivity index is 0.00000180. The summed E-state index contributed by atoms with van der Waals surface area (Å²) in [6.07, 6.45) is 4.99. The molecular weight excluding hydrogens is 264 g/mol. The van der Waals surface area contributed by atoms with Crippen LogP contribution in [0.4, 0.5) is 4.79 Å². The number of nitrogens with one attached hydrogen (secondary N) is 1. The molecule has 19 heavy (non-hydrogen) atoms. The van der Waals surface area contributed by atoms with Crippen molar-refractivity contribution in [2.24, 2.45) is 5.92 Å². The van der Waals surface area contributed by atoms with Crippen LogP contribution in [0, 0.1) is 5.92 Å². The van der Waals surface area contributed by atoms with Crippen LogP contribution in [0.15, 0.2) is 0 Å². The van der Waals surface area contributed by atoms with Crippen molar-refractivity contribution in [3.05, 3.63) is 0 Å². The fourth-order valence-electron chi connectivity index (χ4n) is 3.04. The van der Waals surface area contributed by atoms with Crippen LogP contribution in [0.1, 0.15) is 46.5 Å². The highest BCUT2D eigenvalue weighted by Crippen LogP contribution is 2.31. The maximum Gasteiger partial charge on any atom is 0.410 e. The third-order valence-electron chi connectivity index (χ3n) is 3.86. The van der Waals surface area contributed by atoms with Gasteiger partial charge in [0.25, 0.3) is 0 Å². The van der Waals surface area contributed by atoms with Gasteiger partial charge in [-0.05, 0) is 39.5 Å². The van der Waals surface area contributed by atoms with Crippen LogP contribution < -0.4 is 5.32 Å². The van der Waals surface area contributed by atoms with E-state index in [1.807, 2.05) is 25.7 Å². The molecule has 1 atom stereocenters. The van der Waals surface area contributed by atoms with Crippen molar-refractivity contribution < 1.29 is 9.53 Å². The minimum Gasteiger partial charge on any atom is -0.444 e. The Bertz CT molecular complexity index is 298. The molecule has 0 aromatic rings. The van der Waals surface area contributed by atoms with Gasteiger partial charge in [-0.15, -0.1) is 12.4 Å². The van der Waals surface area contributed by atoms with Crippen molar-refractivity contribution in [1.29, 1.82) is 0 Å². The van der Waals surface area contributed by atoms with Crippen LogP contribution in [0.25, 0.3) is 0 Å². The zero-order valence-electron chi connectivity index (χ0n) is 12.3. The summed E-state index contributed by atoms with van der Waals surface area (Å²) in [5.41, 5.74) is -0.401. The van der Waals surface area contributed by atoms with Gasteiger partial charge in [-0.3, -0.25) is 0 Å². The number of carbonyl (C=O) groups excluding carboxylic acids is 1. The van der Waals surface area contributed by atoms with Crippen molar-refractivity contribution in [2.75, 3.05) is 19.6 Å². The molecular formula is C14H27ClN2O2. The van der Waals surface area contributed by atoms with E-state index in [1.54, 1.807) is 0 Å². The molecule has 1 saturated carbocycles. The minimum absolute atomic E-state index is 0. The Kier molecular flexibility index (Phi) is 5.93. The maximum absolute atomic E-state index is 12.3. The molecule has 4 nitrogen and oxygen atoms in total. The van der Waals surface area contributed by atoms with Gasteiger partial charge < -0.3 is 15.0 Å². The van der Waals surface area contributed by atoms with Gasteiger partial charge >= 0.3 is 6.09 Å². The first-order chi connectivity index (χ1) is 8.47. The van der Waals surface area contributed by atoms with E-state index in [0.29, 0.717) is 12.0 Å². The zero-order chi connectivity index (χ0) is 13.2. The molecule has 0 aromatic carbocycles. The lowest BCUT2D eigenvalue weighted by molar-refractivity contribution is 0.00475. The normalized spacial score (nSPS) is 25.0. The van der Waals surface area contributed by atoms with E-state index in [-0.39, 0.29) is 18.5 Å². The fraction of sp³-hybridized carbons (Fsp3) is 0.929. The molecule has 0 radical (unpaired) electrons. The number of hydrogen-bond acceptors (Lipinski definition) is 3. The number of hydrogen-bond donors (Lipinski definition) is 1. The summed E-state index contributed by atoms with van der Waals surface area (Å²) in [5, 5.41) is 3.41. The van der Waals surface area contributed by atoms with Crippen molar-refractivity contribution in [3.8, 4) is 0 Å². The van der Waals surface area contributed by atoms with Gasteiger partial charge in [0.15, 0.2) is 0 Å². The van der Waals surface area contributed by atoms with Crippen LogP contribution in [0.5, 0.6) is 0 Å². The number of nitrogens with zero attached hydrogens (tertiary/aromatic N) is 1. The highest BCUT2D eigenvalue weighted by atomic mass is 35.5.